The zero-order valence-electron chi connectivity index (χ0n) is 12.3. The van der Waals surface area contributed by atoms with Crippen LogP contribution < -0.4 is 5.32 Å². The largest absolute Gasteiger partial charge is 0.445 e. The van der Waals surface area contributed by atoms with Crippen LogP contribution in [0, 0.1) is 5.92 Å². The van der Waals surface area contributed by atoms with Crippen LogP contribution in [-0.2, 0) is 11.3 Å². The third kappa shape index (κ3) is 5.73. The molecule has 1 saturated heterocycles. The first-order chi connectivity index (χ1) is 10.3. The quantitative estimate of drug-likeness (QED) is 0.836. The molecule has 5 heteroatoms. The van der Waals surface area contributed by atoms with Gasteiger partial charge in [-0.1, -0.05) is 30.3 Å². The first-order valence-electron chi connectivity index (χ1n) is 7.55. The second kappa shape index (κ2) is 8.64. The molecule has 0 bridgehead atoms. The summed E-state index contributed by atoms with van der Waals surface area (Å²) in [5.41, 5.74) is 0.981. The van der Waals surface area contributed by atoms with Gasteiger partial charge in [-0.15, -0.1) is 0 Å². The van der Waals surface area contributed by atoms with E-state index in [-0.39, 0.29) is 12.7 Å². The summed E-state index contributed by atoms with van der Waals surface area (Å²) < 4.78 is 5.15. The second-order valence-electron chi connectivity index (χ2n) is 5.48. The van der Waals surface area contributed by atoms with Crippen molar-refractivity contribution in [3.8, 4) is 0 Å². The SMILES string of the molecule is O=C(NCCN1CCCC(CO)C1)OCc1ccccc1. The van der Waals surface area contributed by atoms with Gasteiger partial charge >= 0.3 is 6.09 Å². The number of benzene rings is 1. The second-order valence-corrected chi connectivity index (χ2v) is 5.48. The number of amides is 1. The monoisotopic (exact) mass is 292 g/mol. The number of piperidine rings is 1. The van der Waals surface area contributed by atoms with E-state index in [0.717, 1.165) is 38.0 Å². The molecule has 5 nitrogen and oxygen atoms in total. The number of aliphatic hydroxyl groups excluding tert-OH is 1. The minimum atomic E-state index is -0.380. The van der Waals surface area contributed by atoms with Crippen LogP contribution in [0.1, 0.15) is 18.4 Å². The number of rotatable bonds is 6. The number of hydrogen-bond donors (Lipinski definition) is 2. The standard InChI is InChI=1S/C16H24N2O3/c19-12-15-7-4-9-18(11-15)10-8-17-16(20)21-13-14-5-2-1-3-6-14/h1-3,5-6,15,19H,4,7-13H2,(H,17,20). The molecule has 1 unspecified atom stereocenters. The number of likely N-dealkylation sites (tertiary alicyclic amines) is 1. The smallest absolute Gasteiger partial charge is 0.407 e. The maximum absolute atomic E-state index is 11.6. The lowest BCUT2D eigenvalue weighted by atomic mass is 9.99. The van der Waals surface area contributed by atoms with Gasteiger partial charge in [-0.25, -0.2) is 4.79 Å². The molecular weight excluding hydrogens is 268 g/mol. The Bertz CT molecular complexity index is 425. The van der Waals surface area contributed by atoms with Crippen LogP contribution in [0.3, 0.4) is 0 Å². The fourth-order valence-corrected chi connectivity index (χ4v) is 2.59. The first-order valence-corrected chi connectivity index (χ1v) is 7.55. The van der Waals surface area contributed by atoms with E-state index in [1.54, 1.807) is 0 Å². The molecule has 0 aliphatic carbocycles. The predicted octanol–water partition coefficient (Wildman–Crippen LogP) is 1.62. The minimum Gasteiger partial charge on any atom is -0.445 e. The van der Waals surface area contributed by atoms with E-state index in [1.165, 1.54) is 0 Å². The van der Waals surface area contributed by atoms with Gasteiger partial charge in [0.1, 0.15) is 6.61 Å². The molecule has 0 radical (unpaired) electrons. The molecule has 1 aromatic carbocycles. The fraction of sp³-hybridized carbons (Fsp3) is 0.562. The van der Waals surface area contributed by atoms with E-state index in [1.807, 2.05) is 30.3 Å². The zero-order chi connectivity index (χ0) is 14.9. The molecule has 1 fully saturated rings. The number of alkyl carbamates (subject to hydrolysis) is 1. The minimum absolute atomic E-state index is 0.253. The van der Waals surface area contributed by atoms with Gasteiger partial charge in [0.05, 0.1) is 0 Å². The van der Waals surface area contributed by atoms with E-state index in [0.29, 0.717) is 19.1 Å². The molecule has 1 aromatic rings. The van der Waals surface area contributed by atoms with Crippen molar-refractivity contribution in [2.45, 2.75) is 19.4 Å². The summed E-state index contributed by atoms with van der Waals surface area (Å²) >= 11 is 0. The summed E-state index contributed by atoms with van der Waals surface area (Å²) in [7, 11) is 0. The van der Waals surface area contributed by atoms with E-state index < -0.39 is 0 Å². The van der Waals surface area contributed by atoms with E-state index in [4.69, 9.17) is 4.74 Å². The summed E-state index contributed by atoms with van der Waals surface area (Å²) in [5.74, 6) is 0.379. The Morgan fingerprint density at radius 2 is 2.19 bits per heavy atom. The van der Waals surface area contributed by atoms with Gasteiger partial charge in [-0.2, -0.15) is 0 Å². The Labute approximate surface area is 125 Å². The zero-order valence-corrected chi connectivity index (χ0v) is 12.3. The molecule has 1 amide bonds. The highest BCUT2D eigenvalue weighted by Crippen LogP contribution is 2.14. The Balaban J connectivity index is 1.59. The third-order valence-electron chi connectivity index (χ3n) is 3.77. The van der Waals surface area contributed by atoms with E-state index in [2.05, 4.69) is 10.2 Å². The fourth-order valence-electron chi connectivity index (χ4n) is 2.59. The van der Waals surface area contributed by atoms with Crippen molar-refractivity contribution in [2.24, 2.45) is 5.92 Å². The van der Waals surface area contributed by atoms with E-state index in [9.17, 15) is 9.90 Å². The van der Waals surface area contributed by atoms with Gasteiger partial charge in [-0.3, -0.25) is 0 Å². The summed E-state index contributed by atoms with van der Waals surface area (Å²) in [4.78, 5) is 13.9. The lowest BCUT2D eigenvalue weighted by molar-refractivity contribution is 0.116. The average Bonchev–Trinajstić information content (AvgIpc) is 2.54. The Kier molecular flexibility index (Phi) is 6.50. The van der Waals surface area contributed by atoms with Gasteiger partial charge in [0.2, 0.25) is 0 Å². The van der Waals surface area contributed by atoms with Crippen molar-refractivity contribution in [2.75, 3.05) is 32.8 Å². The highest BCUT2D eigenvalue weighted by Gasteiger charge is 2.18. The van der Waals surface area contributed by atoms with Crippen LogP contribution in [0.5, 0.6) is 0 Å². The number of hydrogen-bond acceptors (Lipinski definition) is 4. The van der Waals surface area contributed by atoms with E-state index >= 15 is 0 Å². The number of nitrogens with zero attached hydrogens (tertiary/aromatic N) is 1. The average molecular weight is 292 g/mol. The molecule has 116 valence electrons. The summed E-state index contributed by atoms with van der Waals surface area (Å²) in [6.45, 7) is 3.88. The maximum atomic E-state index is 11.6. The van der Waals surface area contributed by atoms with Crippen molar-refractivity contribution in [1.82, 2.24) is 10.2 Å². The van der Waals surface area contributed by atoms with Crippen LogP contribution >= 0.6 is 0 Å². The van der Waals surface area contributed by atoms with Crippen molar-refractivity contribution in [1.29, 1.82) is 0 Å². The molecule has 0 saturated carbocycles. The van der Waals surface area contributed by atoms with Crippen LogP contribution in [0.2, 0.25) is 0 Å². The highest BCUT2D eigenvalue weighted by atomic mass is 16.5. The van der Waals surface area contributed by atoms with Gasteiger partial charge in [0.25, 0.3) is 0 Å². The summed E-state index contributed by atoms with van der Waals surface area (Å²) in [6.07, 6.45) is 1.83. The lowest BCUT2D eigenvalue weighted by Crippen LogP contribution is -2.41. The predicted molar refractivity (Wildman–Crippen MR) is 80.9 cm³/mol. The van der Waals surface area contributed by atoms with Crippen LogP contribution in [-0.4, -0.2) is 48.9 Å². The van der Waals surface area contributed by atoms with Crippen LogP contribution in [0.4, 0.5) is 4.79 Å². The third-order valence-corrected chi connectivity index (χ3v) is 3.77. The topological polar surface area (TPSA) is 61.8 Å². The van der Waals surface area contributed by atoms with Gasteiger partial charge in [-0.05, 0) is 30.9 Å². The molecule has 0 spiro atoms. The maximum Gasteiger partial charge on any atom is 0.407 e. The summed E-state index contributed by atoms with van der Waals surface area (Å²) in [6, 6.07) is 9.63. The van der Waals surface area contributed by atoms with Gasteiger partial charge in [0, 0.05) is 26.2 Å². The molecule has 1 atom stereocenters. The summed E-state index contributed by atoms with van der Waals surface area (Å²) in [5, 5.41) is 12.0. The van der Waals surface area contributed by atoms with Gasteiger partial charge < -0.3 is 20.1 Å². The van der Waals surface area contributed by atoms with Crippen LogP contribution in [0.15, 0.2) is 30.3 Å². The molecule has 2 N–H and O–H groups in total. The lowest BCUT2D eigenvalue weighted by Gasteiger charge is -2.31. The first kappa shape index (κ1) is 15.8. The Morgan fingerprint density at radius 1 is 1.38 bits per heavy atom. The molecular formula is C16H24N2O3. The Morgan fingerprint density at radius 3 is 2.95 bits per heavy atom. The number of nitrogens with one attached hydrogen (secondary N) is 1. The number of ether oxygens (including phenoxy) is 1. The highest BCUT2D eigenvalue weighted by molar-refractivity contribution is 5.67. The molecule has 1 aliphatic heterocycles. The van der Waals surface area contributed by atoms with Crippen molar-refractivity contribution in [3.05, 3.63) is 35.9 Å². The number of carbonyl (C=O) groups is 1. The Hall–Kier alpha value is -1.59. The van der Waals surface area contributed by atoms with Crippen molar-refractivity contribution < 1.29 is 14.6 Å². The molecule has 1 aliphatic rings. The molecule has 0 aromatic heterocycles. The van der Waals surface area contributed by atoms with Crippen LogP contribution in [0.25, 0.3) is 0 Å². The molecule has 1 heterocycles. The van der Waals surface area contributed by atoms with Gasteiger partial charge in [0.15, 0.2) is 0 Å². The number of aliphatic hydroxyl groups is 1. The normalized spacial score (nSPS) is 19.2. The molecule has 2 rings (SSSR count). The number of carbonyl (C=O) groups excluding carboxylic acids is 1. The molecule has 21 heavy (non-hydrogen) atoms. The van der Waals surface area contributed by atoms with Crippen molar-refractivity contribution in [3.63, 3.8) is 0 Å². The van der Waals surface area contributed by atoms with Crippen molar-refractivity contribution >= 4 is 6.09 Å².